The van der Waals surface area contributed by atoms with Gasteiger partial charge in [0.2, 0.25) is 0 Å². The molecule has 4 heterocycles. The van der Waals surface area contributed by atoms with E-state index < -0.39 is 81.6 Å². The number of hydrogen-bond acceptors (Lipinski definition) is 12. The molecular formula is C12H20BO12-. The van der Waals surface area contributed by atoms with Gasteiger partial charge in [0.25, 0.3) is 0 Å². The van der Waals surface area contributed by atoms with E-state index in [9.17, 15) is 30.6 Å². The largest absolute Gasteiger partial charge is 0.536 e. The molecule has 0 aliphatic carbocycles. The van der Waals surface area contributed by atoms with Crippen LogP contribution in [0.25, 0.3) is 0 Å². The fourth-order valence-electron chi connectivity index (χ4n) is 3.89. The highest BCUT2D eigenvalue weighted by molar-refractivity contribution is 6.55. The van der Waals surface area contributed by atoms with E-state index in [0.29, 0.717) is 0 Å². The van der Waals surface area contributed by atoms with Crippen LogP contribution in [0.4, 0.5) is 0 Å². The lowest BCUT2D eigenvalue weighted by molar-refractivity contribution is -0.229. The molecule has 12 nitrogen and oxygen atoms in total. The maximum absolute atomic E-state index is 10.2. The van der Waals surface area contributed by atoms with E-state index in [4.69, 9.17) is 28.1 Å². The lowest BCUT2D eigenvalue weighted by Crippen LogP contribution is -2.50. The summed E-state index contributed by atoms with van der Waals surface area (Å²) in [7, 11) is 0. The summed E-state index contributed by atoms with van der Waals surface area (Å²) in [6.45, 7) is -5.64. The van der Waals surface area contributed by atoms with E-state index in [1.165, 1.54) is 0 Å². The van der Waals surface area contributed by atoms with Gasteiger partial charge < -0.3 is 58.7 Å². The van der Waals surface area contributed by atoms with Crippen LogP contribution < -0.4 is 0 Å². The molecule has 0 aromatic carbocycles. The average molecular weight is 367 g/mol. The molecule has 144 valence electrons. The summed E-state index contributed by atoms with van der Waals surface area (Å²) in [5.74, 6) is -3.69. The second-order valence-electron chi connectivity index (χ2n) is 6.53. The highest BCUT2D eigenvalue weighted by atomic mass is 17.0. The average Bonchev–Trinajstić information content (AvgIpc) is 3.26. The Morgan fingerprint density at radius 3 is 1.40 bits per heavy atom. The monoisotopic (exact) mass is 367 g/mol. The maximum atomic E-state index is 10.2. The van der Waals surface area contributed by atoms with Crippen molar-refractivity contribution in [3.8, 4) is 0 Å². The molecule has 0 aromatic heterocycles. The number of aliphatic hydroxyl groups excluding tert-OH is 6. The van der Waals surface area contributed by atoms with Gasteiger partial charge in [-0.15, -0.1) is 0 Å². The van der Waals surface area contributed by atoms with Crippen molar-refractivity contribution in [2.45, 2.75) is 48.2 Å². The standard InChI is InChI=1S/C12H20BO12/c14-1-5-7(18)9-11(3-16,20-5)24-13(22-9)23-10-8(19)6(2-15)21-12(10,4-17)25-13/h5-10,14-19H,1-4H2/q-1. The summed E-state index contributed by atoms with van der Waals surface area (Å²) < 4.78 is 32.9. The third-order valence-electron chi connectivity index (χ3n) is 5.07. The van der Waals surface area contributed by atoms with E-state index in [-0.39, 0.29) is 0 Å². The minimum absolute atomic E-state index is 0.531. The molecular weight excluding hydrogens is 347 g/mol. The fourth-order valence-corrected chi connectivity index (χ4v) is 3.89. The summed E-state index contributed by atoms with van der Waals surface area (Å²) in [5, 5.41) is 58.2. The summed E-state index contributed by atoms with van der Waals surface area (Å²) in [6.07, 6.45) is -7.25. The summed E-state index contributed by atoms with van der Waals surface area (Å²) in [4.78, 5) is 0. The van der Waals surface area contributed by atoms with Crippen molar-refractivity contribution >= 4 is 6.96 Å². The van der Waals surface area contributed by atoms with Crippen LogP contribution >= 0.6 is 0 Å². The van der Waals surface area contributed by atoms with Crippen LogP contribution in [0.5, 0.6) is 0 Å². The first-order chi connectivity index (χ1) is 11.9. The van der Waals surface area contributed by atoms with Crippen molar-refractivity contribution in [3.05, 3.63) is 0 Å². The Labute approximate surface area is 141 Å². The van der Waals surface area contributed by atoms with E-state index in [2.05, 4.69) is 0 Å². The van der Waals surface area contributed by atoms with Crippen LogP contribution in [0.2, 0.25) is 0 Å². The Morgan fingerprint density at radius 2 is 1.12 bits per heavy atom. The van der Waals surface area contributed by atoms with Gasteiger partial charge in [0.05, 0.1) is 26.4 Å². The van der Waals surface area contributed by atoms with E-state index >= 15 is 0 Å². The molecule has 4 rings (SSSR count). The zero-order chi connectivity index (χ0) is 18.0. The van der Waals surface area contributed by atoms with Crippen LogP contribution in [0, 0.1) is 0 Å². The van der Waals surface area contributed by atoms with Crippen molar-refractivity contribution in [2.24, 2.45) is 0 Å². The molecule has 0 bridgehead atoms. The first-order valence-corrected chi connectivity index (χ1v) is 7.92. The second-order valence-corrected chi connectivity index (χ2v) is 6.53. The Balaban J connectivity index is 1.60. The van der Waals surface area contributed by atoms with E-state index in [0.717, 1.165) is 0 Å². The SMILES string of the molecule is OCC1OC2(CO)O[B-]3(OC2C1O)OC1C(O)C(CO)OC1(CO)O3. The molecule has 0 saturated carbocycles. The highest BCUT2D eigenvalue weighted by Gasteiger charge is 2.72. The van der Waals surface area contributed by atoms with Gasteiger partial charge in [-0.1, -0.05) is 0 Å². The van der Waals surface area contributed by atoms with Gasteiger partial charge in [0, 0.05) is 0 Å². The van der Waals surface area contributed by atoms with Gasteiger partial charge in [0.15, 0.2) is 11.6 Å². The lowest BCUT2D eigenvalue weighted by atomic mass is 10.1. The first kappa shape index (κ1) is 18.0. The van der Waals surface area contributed by atoms with Crippen molar-refractivity contribution in [1.82, 2.24) is 0 Å². The lowest BCUT2D eigenvalue weighted by Gasteiger charge is -2.36. The third-order valence-corrected chi connectivity index (χ3v) is 5.07. The minimum Gasteiger partial charge on any atom is -0.510 e. The van der Waals surface area contributed by atoms with E-state index in [1.54, 1.807) is 0 Å². The maximum Gasteiger partial charge on any atom is 0.536 e. The number of ether oxygens (including phenoxy) is 2. The second kappa shape index (κ2) is 5.79. The molecule has 4 aliphatic heterocycles. The summed E-state index contributed by atoms with van der Waals surface area (Å²) in [5.41, 5.74) is 0. The Hall–Kier alpha value is -0.415. The number of fused-ring (bicyclic) bond motifs is 2. The molecule has 0 aromatic rings. The number of hydrogen-bond donors (Lipinski definition) is 6. The van der Waals surface area contributed by atoms with Crippen LogP contribution in [0.3, 0.4) is 0 Å². The molecule has 8 atom stereocenters. The number of rotatable bonds is 4. The summed E-state index contributed by atoms with van der Waals surface area (Å²) >= 11 is 0. The van der Waals surface area contributed by atoms with Gasteiger partial charge in [0.1, 0.15) is 36.6 Å². The highest BCUT2D eigenvalue weighted by Crippen LogP contribution is 2.52. The first-order valence-electron chi connectivity index (χ1n) is 7.92. The molecule has 0 amide bonds. The van der Waals surface area contributed by atoms with Gasteiger partial charge >= 0.3 is 6.96 Å². The molecule has 1 spiro atoms. The fraction of sp³-hybridized carbons (Fsp3) is 1.00. The third kappa shape index (κ3) is 2.27. The molecule has 4 aliphatic rings. The smallest absolute Gasteiger partial charge is 0.510 e. The predicted octanol–water partition coefficient (Wildman–Crippen LogP) is -4.87. The van der Waals surface area contributed by atoms with Crippen LogP contribution in [-0.4, -0.2) is 112 Å². The van der Waals surface area contributed by atoms with Crippen molar-refractivity contribution in [1.29, 1.82) is 0 Å². The summed E-state index contributed by atoms with van der Waals surface area (Å²) in [6, 6.07) is 0. The molecule has 13 heteroatoms. The van der Waals surface area contributed by atoms with Crippen molar-refractivity contribution < 1.29 is 58.7 Å². The van der Waals surface area contributed by atoms with Gasteiger partial charge in [-0.05, 0) is 0 Å². The molecule has 4 saturated heterocycles. The zero-order valence-corrected chi connectivity index (χ0v) is 13.0. The van der Waals surface area contributed by atoms with E-state index in [1.807, 2.05) is 0 Å². The molecule has 8 unspecified atom stereocenters. The van der Waals surface area contributed by atoms with Crippen molar-refractivity contribution in [3.63, 3.8) is 0 Å². The Morgan fingerprint density at radius 1 is 0.720 bits per heavy atom. The Bertz CT molecular complexity index is 490. The molecule has 4 fully saturated rings. The van der Waals surface area contributed by atoms with Crippen LogP contribution in [0.15, 0.2) is 0 Å². The van der Waals surface area contributed by atoms with Gasteiger partial charge in [-0.3, -0.25) is 0 Å². The predicted molar refractivity (Wildman–Crippen MR) is 73.2 cm³/mol. The zero-order valence-electron chi connectivity index (χ0n) is 13.0. The van der Waals surface area contributed by atoms with Gasteiger partial charge in [-0.25, -0.2) is 0 Å². The normalized spacial score (nSPS) is 57.4. The molecule has 6 N–H and O–H groups in total. The quantitative estimate of drug-likeness (QED) is 0.262. The minimum atomic E-state index is -3.10. The molecule has 25 heavy (non-hydrogen) atoms. The topological polar surface area (TPSA) is 177 Å². The Kier molecular flexibility index (Phi) is 4.16. The number of aliphatic hydroxyl groups is 6. The van der Waals surface area contributed by atoms with Crippen molar-refractivity contribution in [2.75, 3.05) is 26.4 Å². The van der Waals surface area contributed by atoms with Gasteiger partial charge in [-0.2, -0.15) is 0 Å². The van der Waals surface area contributed by atoms with Crippen LogP contribution in [0.1, 0.15) is 0 Å². The van der Waals surface area contributed by atoms with Crippen LogP contribution in [-0.2, 0) is 28.1 Å². The molecule has 0 radical (unpaired) electrons.